The van der Waals surface area contributed by atoms with Gasteiger partial charge in [0.25, 0.3) is 0 Å². The molecule has 5 aliphatic rings. The van der Waals surface area contributed by atoms with E-state index in [2.05, 4.69) is 37.5 Å². The average molecular weight is 499 g/mol. The fourth-order valence-electron chi connectivity index (χ4n) is 10.2. The molecule has 0 spiro atoms. The zero-order chi connectivity index (χ0) is 25.1. The van der Waals surface area contributed by atoms with Crippen LogP contribution in [0.25, 0.3) is 0 Å². The van der Waals surface area contributed by atoms with Crippen molar-refractivity contribution in [2.45, 2.75) is 192 Å². The highest BCUT2D eigenvalue weighted by molar-refractivity contribution is 4.98. The first-order chi connectivity index (χ1) is 17.5. The molecule has 5 saturated carbocycles. The number of hydrogen-bond acceptors (Lipinski definition) is 2. The molecule has 0 aromatic carbocycles. The van der Waals surface area contributed by atoms with E-state index in [1.807, 2.05) is 0 Å². The third-order valence-electron chi connectivity index (χ3n) is 11.8. The SMILES string of the molecule is CC1CCCC(N(C2CCCC(C)C2)C2CCCC(N(C3CCCC(C)C3)C3CCCC(C)C3)C2)C1. The molecule has 5 rings (SSSR count). The van der Waals surface area contributed by atoms with Gasteiger partial charge in [-0.15, -0.1) is 0 Å². The molecule has 208 valence electrons. The first kappa shape index (κ1) is 27.5. The Morgan fingerprint density at radius 2 is 0.528 bits per heavy atom. The van der Waals surface area contributed by atoms with Crippen LogP contribution in [0.1, 0.15) is 156 Å². The topological polar surface area (TPSA) is 6.48 Å². The van der Waals surface area contributed by atoms with E-state index in [1.165, 1.54) is 128 Å². The lowest BCUT2D eigenvalue weighted by molar-refractivity contribution is -0.0387. The summed E-state index contributed by atoms with van der Waals surface area (Å²) in [5, 5.41) is 0. The van der Waals surface area contributed by atoms with Gasteiger partial charge < -0.3 is 0 Å². The summed E-state index contributed by atoms with van der Waals surface area (Å²) >= 11 is 0. The zero-order valence-electron chi connectivity index (χ0n) is 24.8. The summed E-state index contributed by atoms with van der Waals surface area (Å²) in [7, 11) is 0. The Morgan fingerprint density at radius 1 is 0.306 bits per heavy atom. The van der Waals surface area contributed by atoms with E-state index < -0.39 is 0 Å². The number of hydrogen-bond donors (Lipinski definition) is 0. The zero-order valence-corrected chi connectivity index (χ0v) is 24.8. The molecule has 0 radical (unpaired) electrons. The van der Waals surface area contributed by atoms with Crippen LogP contribution in [0.5, 0.6) is 0 Å². The van der Waals surface area contributed by atoms with Gasteiger partial charge in [-0.25, -0.2) is 0 Å². The Balaban J connectivity index is 1.37. The first-order valence-corrected chi connectivity index (χ1v) is 17.0. The minimum Gasteiger partial charge on any atom is -0.294 e. The Bertz CT molecular complexity index is 564. The molecule has 36 heavy (non-hydrogen) atoms. The van der Waals surface area contributed by atoms with Crippen LogP contribution in [0.3, 0.4) is 0 Å². The van der Waals surface area contributed by atoms with Gasteiger partial charge in [-0.3, -0.25) is 9.80 Å². The Labute approximate surface area is 225 Å². The highest BCUT2D eigenvalue weighted by Gasteiger charge is 2.42. The molecule has 0 aromatic rings. The summed E-state index contributed by atoms with van der Waals surface area (Å²) < 4.78 is 0. The quantitative estimate of drug-likeness (QED) is 0.360. The molecular formula is C34H62N2. The van der Waals surface area contributed by atoms with E-state index in [0.717, 1.165) is 59.9 Å². The molecule has 10 atom stereocenters. The maximum atomic E-state index is 3.24. The van der Waals surface area contributed by atoms with Crippen LogP contribution in [0.2, 0.25) is 0 Å². The van der Waals surface area contributed by atoms with Gasteiger partial charge in [0.15, 0.2) is 0 Å². The summed E-state index contributed by atoms with van der Waals surface area (Å²) in [5.41, 5.74) is 0. The van der Waals surface area contributed by atoms with Crippen LogP contribution in [0.15, 0.2) is 0 Å². The number of rotatable bonds is 6. The molecule has 5 fully saturated rings. The maximum Gasteiger partial charge on any atom is 0.0116 e. The molecule has 0 heterocycles. The molecule has 0 aromatic heterocycles. The molecule has 0 N–H and O–H groups in total. The van der Waals surface area contributed by atoms with Crippen molar-refractivity contribution in [1.29, 1.82) is 0 Å². The smallest absolute Gasteiger partial charge is 0.0116 e. The van der Waals surface area contributed by atoms with Crippen molar-refractivity contribution in [2.75, 3.05) is 0 Å². The van der Waals surface area contributed by atoms with Crippen molar-refractivity contribution < 1.29 is 0 Å². The van der Waals surface area contributed by atoms with Crippen molar-refractivity contribution in [1.82, 2.24) is 9.80 Å². The Kier molecular flexibility index (Phi) is 9.81. The van der Waals surface area contributed by atoms with E-state index in [0.29, 0.717) is 0 Å². The second-order valence-electron chi connectivity index (χ2n) is 15.1. The second-order valence-corrected chi connectivity index (χ2v) is 15.1. The molecule has 5 aliphatic carbocycles. The van der Waals surface area contributed by atoms with E-state index in [9.17, 15) is 0 Å². The van der Waals surface area contributed by atoms with E-state index in [-0.39, 0.29) is 0 Å². The van der Waals surface area contributed by atoms with Gasteiger partial charge in [0, 0.05) is 36.3 Å². The van der Waals surface area contributed by atoms with Crippen molar-refractivity contribution in [3.05, 3.63) is 0 Å². The summed E-state index contributed by atoms with van der Waals surface area (Å²) in [6, 6.07) is 5.24. The van der Waals surface area contributed by atoms with Gasteiger partial charge in [0.1, 0.15) is 0 Å². The molecular weight excluding hydrogens is 436 g/mol. The van der Waals surface area contributed by atoms with Crippen LogP contribution < -0.4 is 0 Å². The lowest BCUT2D eigenvalue weighted by Gasteiger charge is -2.54. The molecule has 0 saturated heterocycles. The summed E-state index contributed by atoms with van der Waals surface area (Å²) in [4.78, 5) is 6.48. The van der Waals surface area contributed by atoms with Crippen molar-refractivity contribution in [3.63, 3.8) is 0 Å². The third kappa shape index (κ3) is 6.73. The average Bonchev–Trinajstić information content (AvgIpc) is 2.85. The molecule has 0 amide bonds. The third-order valence-corrected chi connectivity index (χ3v) is 11.8. The molecule has 0 aliphatic heterocycles. The highest BCUT2D eigenvalue weighted by Crippen LogP contribution is 2.42. The molecule has 2 nitrogen and oxygen atoms in total. The van der Waals surface area contributed by atoms with Crippen LogP contribution in [0, 0.1) is 23.7 Å². The minimum atomic E-state index is 0.860. The molecule has 2 heteroatoms. The second kappa shape index (κ2) is 12.8. The predicted octanol–water partition coefficient (Wildman–Crippen LogP) is 9.22. The van der Waals surface area contributed by atoms with Crippen LogP contribution >= 0.6 is 0 Å². The fourth-order valence-corrected chi connectivity index (χ4v) is 10.2. The van der Waals surface area contributed by atoms with Crippen LogP contribution in [0.4, 0.5) is 0 Å². The van der Waals surface area contributed by atoms with E-state index in [1.54, 1.807) is 0 Å². The molecule has 10 unspecified atom stereocenters. The number of nitrogens with zero attached hydrogens (tertiary/aromatic N) is 2. The Hall–Kier alpha value is -0.0800. The lowest BCUT2D eigenvalue weighted by Crippen LogP contribution is -2.58. The van der Waals surface area contributed by atoms with Gasteiger partial charge in [-0.05, 0) is 94.3 Å². The van der Waals surface area contributed by atoms with Crippen molar-refractivity contribution in [3.8, 4) is 0 Å². The van der Waals surface area contributed by atoms with E-state index in [4.69, 9.17) is 0 Å². The van der Waals surface area contributed by atoms with Gasteiger partial charge >= 0.3 is 0 Å². The predicted molar refractivity (Wildman–Crippen MR) is 155 cm³/mol. The highest BCUT2D eigenvalue weighted by atomic mass is 15.3. The summed E-state index contributed by atoms with van der Waals surface area (Å²) in [6.45, 7) is 10.2. The minimum absolute atomic E-state index is 0.860. The van der Waals surface area contributed by atoms with Crippen LogP contribution in [-0.4, -0.2) is 46.1 Å². The van der Waals surface area contributed by atoms with E-state index >= 15 is 0 Å². The van der Waals surface area contributed by atoms with Crippen LogP contribution in [-0.2, 0) is 0 Å². The lowest BCUT2D eigenvalue weighted by atomic mass is 9.76. The van der Waals surface area contributed by atoms with Gasteiger partial charge in [0.2, 0.25) is 0 Å². The van der Waals surface area contributed by atoms with Crippen molar-refractivity contribution in [2.24, 2.45) is 23.7 Å². The monoisotopic (exact) mass is 498 g/mol. The van der Waals surface area contributed by atoms with Crippen molar-refractivity contribution >= 4 is 0 Å². The summed E-state index contributed by atoms with van der Waals surface area (Å²) in [6.07, 6.45) is 29.7. The van der Waals surface area contributed by atoms with Gasteiger partial charge in [0.05, 0.1) is 0 Å². The summed E-state index contributed by atoms with van der Waals surface area (Å²) in [5.74, 6) is 3.76. The fraction of sp³-hybridized carbons (Fsp3) is 1.00. The standard InChI is InChI=1S/C34H62N2/c1-25-10-5-14-29(20-25)35(30-15-6-11-26(2)21-30)33-18-9-19-34(24-33)36(31-16-7-12-27(3)22-31)32-17-8-13-28(4)23-32/h25-34H,5-24H2,1-4H3. The van der Waals surface area contributed by atoms with Gasteiger partial charge in [-0.2, -0.15) is 0 Å². The van der Waals surface area contributed by atoms with Gasteiger partial charge in [-0.1, -0.05) is 85.5 Å². The largest absolute Gasteiger partial charge is 0.294 e. The normalized spacial score (nSPS) is 45.2. The molecule has 0 bridgehead atoms. The Morgan fingerprint density at radius 3 is 0.778 bits per heavy atom. The first-order valence-electron chi connectivity index (χ1n) is 17.0. The maximum absolute atomic E-state index is 3.24.